The highest BCUT2D eigenvalue weighted by molar-refractivity contribution is 7.10. The second-order valence-electron chi connectivity index (χ2n) is 4.24. The summed E-state index contributed by atoms with van der Waals surface area (Å²) in [7, 11) is 0. The fraction of sp³-hybridized carbons (Fsp3) is 0.0667. The van der Waals surface area contributed by atoms with E-state index >= 15 is 0 Å². The molecule has 3 rings (SSSR count). The van der Waals surface area contributed by atoms with Crippen molar-refractivity contribution >= 4 is 29.3 Å². The zero-order chi connectivity index (χ0) is 13.9. The molecule has 100 valence electrons. The number of rotatable bonds is 3. The molecule has 0 saturated carbocycles. The molecule has 0 amide bonds. The molecule has 1 aliphatic heterocycles. The van der Waals surface area contributed by atoms with Crippen molar-refractivity contribution < 1.29 is 13.9 Å². The lowest BCUT2D eigenvalue weighted by Gasteiger charge is -1.99. The second kappa shape index (κ2) is 5.38. The summed E-state index contributed by atoms with van der Waals surface area (Å²) >= 11 is 1.52. The number of halogens is 1. The molecule has 0 unspecified atom stereocenters. The Labute approximate surface area is 119 Å². The summed E-state index contributed by atoms with van der Waals surface area (Å²) in [6.07, 6.45) is 2.07. The molecule has 3 nitrogen and oxygen atoms in total. The molecule has 5 heteroatoms. The van der Waals surface area contributed by atoms with Crippen molar-refractivity contribution in [3.63, 3.8) is 0 Å². The largest absolute Gasteiger partial charge is 0.406 e. The van der Waals surface area contributed by atoms with Crippen LogP contribution in [-0.4, -0.2) is 11.9 Å². The van der Waals surface area contributed by atoms with E-state index in [1.54, 1.807) is 18.2 Å². The molecular weight excluding hydrogens is 277 g/mol. The van der Waals surface area contributed by atoms with Crippen molar-refractivity contribution in [2.75, 3.05) is 0 Å². The van der Waals surface area contributed by atoms with Gasteiger partial charge in [-0.3, -0.25) is 0 Å². The molecule has 1 aromatic heterocycles. The molecule has 0 N–H and O–H groups in total. The number of ether oxygens (including phenoxy) is 1. The van der Waals surface area contributed by atoms with Gasteiger partial charge in [0.2, 0.25) is 5.90 Å². The van der Waals surface area contributed by atoms with Gasteiger partial charge in [-0.25, -0.2) is 14.2 Å². The number of thiophene rings is 1. The van der Waals surface area contributed by atoms with Gasteiger partial charge in [0.15, 0.2) is 5.70 Å². The molecule has 0 fully saturated rings. The zero-order valence-electron chi connectivity index (χ0n) is 10.4. The van der Waals surface area contributed by atoms with Crippen molar-refractivity contribution in [2.45, 2.75) is 6.42 Å². The Balaban J connectivity index is 1.78. The lowest BCUT2D eigenvalue weighted by atomic mass is 10.1. The average Bonchev–Trinajstić information content (AvgIpc) is 3.04. The van der Waals surface area contributed by atoms with Gasteiger partial charge < -0.3 is 4.74 Å². The van der Waals surface area contributed by atoms with Crippen LogP contribution < -0.4 is 0 Å². The van der Waals surface area contributed by atoms with Gasteiger partial charge in [-0.15, -0.1) is 11.3 Å². The van der Waals surface area contributed by atoms with Crippen LogP contribution in [0.15, 0.2) is 52.5 Å². The van der Waals surface area contributed by atoms with Crippen LogP contribution in [0.2, 0.25) is 0 Å². The lowest BCUT2D eigenvalue weighted by Crippen LogP contribution is -2.06. The van der Waals surface area contributed by atoms with E-state index < -0.39 is 5.97 Å². The maximum Gasteiger partial charge on any atom is 0.363 e. The highest BCUT2D eigenvalue weighted by Gasteiger charge is 2.23. The maximum absolute atomic E-state index is 12.8. The Kier molecular flexibility index (Phi) is 3.43. The average molecular weight is 287 g/mol. The highest BCUT2D eigenvalue weighted by Crippen LogP contribution is 2.20. The third kappa shape index (κ3) is 2.83. The number of esters is 1. The predicted octanol–water partition coefficient (Wildman–Crippen LogP) is 3.43. The Morgan fingerprint density at radius 3 is 2.75 bits per heavy atom. The fourth-order valence-electron chi connectivity index (χ4n) is 1.81. The first kappa shape index (κ1) is 12.7. The van der Waals surface area contributed by atoms with Crippen LogP contribution in [0, 0.1) is 5.82 Å². The number of hydrogen-bond donors (Lipinski definition) is 0. The van der Waals surface area contributed by atoms with Crippen molar-refractivity contribution in [1.29, 1.82) is 0 Å². The molecule has 0 aliphatic carbocycles. The minimum Gasteiger partial charge on any atom is -0.406 e. The third-order valence-electron chi connectivity index (χ3n) is 2.76. The Morgan fingerprint density at radius 1 is 1.25 bits per heavy atom. The minimum absolute atomic E-state index is 0.294. The van der Waals surface area contributed by atoms with E-state index in [0.29, 0.717) is 18.0 Å². The van der Waals surface area contributed by atoms with Crippen LogP contribution in [0.4, 0.5) is 4.39 Å². The SMILES string of the molecule is O=C1OC(Cc2ccc(F)cc2)=N/C1=C/c1cccs1. The highest BCUT2D eigenvalue weighted by atomic mass is 32.1. The van der Waals surface area contributed by atoms with Crippen LogP contribution >= 0.6 is 11.3 Å². The Morgan fingerprint density at radius 2 is 2.05 bits per heavy atom. The summed E-state index contributed by atoms with van der Waals surface area (Å²) in [6, 6.07) is 9.84. The molecule has 1 aromatic carbocycles. The number of cyclic esters (lactones) is 1. The van der Waals surface area contributed by atoms with E-state index in [1.165, 1.54) is 23.5 Å². The summed E-state index contributed by atoms with van der Waals surface area (Å²) in [6.45, 7) is 0. The van der Waals surface area contributed by atoms with Gasteiger partial charge in [0.1, 0.15) is 5.82 Å². The molecule has 0 saturated heterocycles. The first-order valence-corrected chi connectivity index (χ1v) is 6.88. The molecule has 0 radical (unpaired) electrons. The fourth-order valence-corrected chi connectivity index (χ4v) is 2.47. The van der Waals surface area contributed by atoms with E-state index in [-0.39, 0.29) is 5.82 Å². The van der Waals surface area contributed by atoms with Crippen molar-refractivity contribution in [2.24, 2.45) is 4.99 Å². The van der Waals surface area contributed by atoms with E-state index in [4.69, 9.17) is 4.74 Å². The summed E-state index contributed by atoms with van der Waals surface area (Å²) < 4.78 is 17.9. The third-order valence-corrected chi connectivity index (χ3v) is 3.57. The van der Waals surface area contributed by atoms with Crippen molar-refractivity contribution in [3.05, 3.63) is 63.7 Å². The zero-order valence-corrected chi connectivity index (χ0v) is 11.2. The topological polar surface area (TPSA) is 38.7 Å². The van der Waals surface area contributed by atoms with E-state index in [0.717, 1.165) is 10.4 Å². The van der Waals surface area contributed by atoms with Gasteiger partial charge in [0.25, 0.3) is 0 Å². The van der Waals surface area contributed by atoms with Crippen LogP contribution in [0.25, 0.3) is 6.08 Å². The molecule has 1 aliphatic rings. The number of benzene rings is 1. The molecule has 20 heavy (non-hydrogen) atoms. The van der Waals surface area contributed by atoms with Crippen LogP contribution in [0.1, 0.15) is 10.4 Å². The summed E-state index contributed by atoms with van der Waals surface area (Å²) in [5.41, 5.74) is 1.14. The van der Waals surface area contributed by atoms with E-state index in [2.05, 4.69) is 4.99 Å². The van der Waals surface area contributed by atoms with E-state index in [9.17, 15) is 9.18 Å². The normalized spacial score (nSPS) is 16.4. The summed E-state index contributed by atoms with van der Waals surface area (Å²) in [4.78, 5) is 16.8. The number of carbonyl (C=O) groups is 1. The first-order chi connectivity index (χ1) is 9.70. The molecular formula is C15H10FNO2S. The monoisotopic (exact) mass is 287 g/mol. The lowest BCUT2D eigenvalue weighted by molar-refractivity contribution is -0.130. The van der Waals surface area contributed by atoms with Crippen molar-refractivity contribution in [1.82, 2.24) is 0 Å². The molecule has 2 aromatic rings. The second-order valence-corrected chi connectivity index (χ2v) is 5.22. The van der Waals surface area contributed by atoms with Crippen LogP contribution in [0.3, 0.4) is 0 Å². The van der Waals surface area contributed by atoms with Gasteiger partial charge in [-0.05, 0) is 35.2 Å². The number of aliphatic imine (C=N–C) groups is 1. The number of nitrogens with zero attached hydrogens (tertiary/aromatic N) is 1. The quantitative estimate of drug-likeness (QED) is 0.641. The maximum atomic E-state index is 12.8. The molecule has 0 atom stereocenters. The first-order valence-electron chi connectivity index (χ1n) is 6.00. The predicted molar refractivity (Wildman–Crippen MR) is 75.9 cm³/mol. The van der Waals surface area contributed by atoms with Gasteiger partial charge >= 0.3 is 5.97 Å². The summed E-state index contributed by atoms with van der Waals surface area (Å²) in [5.74, 6) is -0.405. The molecule has 2 heterocycles. The summed E-state index contributed by atoms with van der Waals surface area (Å²) in [5, 5.41) is 1.93. The molecule has 0 spiro atoms. The van der Waals surface area contributed by atoms with Crippen LogP contribution in [0.5, 0.6) is 0 Å². The number of carbonyl (C=O) groups excluding carboxylic acids is 1. The van der Waals surface area contributed by atoms with Gasteiger partial charge in [-0.1, -0.05) is 18.2 Å². The van der Waals surface area contributed by atoms with Crippen LogP contribution in [-0.2, 0) is 16.0 Å². The smallest absolute Gasteiger partial charge is 0.363 e. The van der Waals surface area contributed by atoms with E-state index in [1.807, 2.05) is 17.5 Å². The van der Waals surface area contributed by atoms with Gasteiger partial charge in [0.05, 0.1) is 0 Å². The minimum atomic E-state index is -0.449. The van der Waals surface area contributed by atoms with Gasteiger partial charge in [-0.2, -0.15) is 0 Å². The standard InChI is InChI=1S/C15H10FNO2S/c16-11-5-3-10(4-6-11)8-14-17-13(15(18)19-14)9-12-2-1-7-20-12/h1-7,9H,8H2/b13-9+. The molecule has 0 bridgehead atoms. The van der Waals surface area contributed by atoms with Gasteiger partial charge in [0, 0.05) is 11.3 Å². The van der Waals surface area contributed by atoms with Crippen molar-refractivity contribution in [3.8, 4) is 0 Å². The Bertz CT molecular complexity index is 687. The Hall–Kier alpha value is -2.27. The number of hydrogen-bond acceptors (Lipinski definition) is 4.